The Morgan fingerprint density at radius 2 is 2.35 bits per heavy atom. The van der Waals surface area contributed by atoms with Crippen molar-refractivity contribution < 1.29 is 4.79 Å². The average Bonchev–Trinajstić information content (AvgIpc) is 2.96. The van der Waals surface area contributed by atoms with E-state index in [9.17, 15) is 4.79 Å². The van der Waals surface area contributed by atoms with Gasteiger partial charge in [0, 0.05) is 6.54 Å². The largest absolute Gasteiger partial charge is 0.331 e. The first-order chi connectivity index (χ1) is 8.11. The number of likely N-dealkylation sites (tertiary alicyclic amines) is 1. The van der Waals surface area contributed by atoms with Gasteiger partial charge in [-0.25, -0.2) is 0 Å². The summed E-state index contributed by atoms with van der Waals surface area (Å²) in [5, 5.41) is 14.0. The van der Waals surface area contributed by atoms with E-state index in [4.69, 9.17) is 0 Å². The van der Waals surface area contributed by atoms with E-state index in [-0.39, 0.29) is 18.0 Å². The zero-order valence-corrected chi connectivity index (χ0v) is 10.4. The molecule has 0 spiro atoms. The van der Waals surface area contributed by atoms with Crippen molar-refractivity contribution in [1.82, 2.24) is 30.4 Å². The molecule has 1 aliphatic rings. The van der Waals surface area contributed by atoms with Crippen molar-refractivity contribution in [2.75, 3.05) is 20.6 Å². The van der Waals surface area contributed by atoms with Gasteiger partial charge < -0.3 is 4.90 Å². The first kappa shape index (κ1) is 12.0. The summed E-state index contributed by atoms with van der Waals surface area (Å²) in [5.74, 6) is 0.740. The van der Waals surface area contributed by atoms with Gasteiger partial charge in [0.2, 0.25) is 5.91 Å². The summed E-state index contributed by atoms with van der Waals surface area (Å²) < 4.78 is 0. The summed E-state index contributed by atoms with van der Waals surface area (Å²) in [7, 11) is 3.81. The first-order valence-corrected chi connectivity index (χ1v) is 5.81. The topological polar surface area (TPSA) is 78.0 Å². The van der Waals surface area contributed by atoms with Crippen LogP contribution in [-0.2, 0) is 4.79 Å². The molecule has 0 aromatic carbocycles. The second kappa shape index (κ2) is 4.79. The molecule has 1 unspecified atom stereocenters. The van der Waals surface area contributed by atoms with Gasteiger partial charge in [-0.3, -0.25) is 9.69 Å². The van der Waals surface area contributed by atoms with Gasteiger partial charge in [0.25, 0.3) is 0 Å². The van der Waals surface area contributed by atoms with Crippen molar-refractivity contribution in [3.63, 3.8) is 0 Å². The first-order valence-electron chi connectivity index (χ1n) is 5.81. The summed E-state index contributed by atoms with van der Waals surface area (Å²) in [6, 6.07) is -0.147. The standard InChI is InChI=1S/C10H18N6O/c1-7(15(2)3)10(17)16-6-4-5-8(16)9-11-13-14-12-9/h7-8H,4-6H2,1-3H3,(H,11,12,13,14)/t7-,8?/m0/s1. The summed E-state index contributed by atoms with van der Waals surface area (Å²) in [5.41, 5.74) is 0. The van der Waals surface area contributed by atoms with Crippen LogP contribution in [0.4, 0.5) is 0 Å². The zero-order valence-electron chi connectivity index (χ0n) is 10.4. The van der Waals surface area contributed by atoms with E-state index in [1.807, 2.05) is 30.8 Å². The number of carbonyl (C=O) groups is 1. The van der Waals surface area contributed by atoms with Gasteiger partial charge in [0.1, 0.15) is 0 Å². The third kappa shape index (κ3) is 2.28. The minimum atomic E-state index is -0.123. The molecule has 1 aromatic heterocycles. The molecule has 1 aliphatic heterocycles. The number of carbonyl (C=O) groups excluding carboxylic acids is 1. The van der Waals surface area contributed by atoms with E-state index < -0.39 is 0 Å². The van der Waals surface area contributed by atoms with Gasteiger partial charge in [-0.1, -0.05) is 5.21 Å². The van der Waals surface area contributed by atoms with Gasteiger partial charge in [0.05, 0.1) is 12.1 Å². The van der Waals surface area contributed by atoms with Crippen LogP contribution in [0.3, 0.4) is 0 Å². The number of H-pyrrole nitrogens is 1. The number of rotatable bonds is 3. The fourth-order valence-electron chi connectivity index (χ4n) is 2.07. The number of hydrogen-bond acceptors (Lipinski definition) is 5. The SMILES string of the molecule is C[C@@H](C(=O)N1CCCC1c1nn[nH]n1)N(C)C. The lowest BCUT2D eigenvalue weighted by molar-refractivity contribution is -0.136. The third-order valence-corrected chi connectivity index (χ3v) is 3.33. The molecule has 2 heterocycles. The van der Waals surface area contributed by atoms with E-state index in [1.54, 1.807) is 0 Å². The predicted molar refractivity (Wildman–Crippen MR) is 61.0 cm³/mol. The molecule has 0 saturated carbocycles. The van der Waals surface area contributed by atoms with Gasteiger partial charge in [-0.05, 0) is 33.9 Å². The smallest absolute Gasteiger partial charge is 0.240 e. The lowest BCUT2D eigenvalue weighted by Crippen LogP contribution is -2.44. The van der Waals surface area contributed by atoms with Gasteiger partial charge >= 0.3 is 0 Å². The molecule has 17 heavy (non-hydrogen) atoms. The van der Waals surface area contributed by atoms with E-state index in [0.29, 0.717) is 5.82 Å². The molecule has 0 aliphatic carbocycles. The Balaban J connectivity index is 2.12. The maximum Gasteiger partial charge on any atom is 0.240 e. The van der Waals surface area contributed by atoms with E-state index in [2.05, 4.69) is 20.6 Å². The lowest BCUT2D eigenvalue weighted by Gasteiger charge is -2.28. The van der Waals surface area contributed by atoms with Crippen molar-refractivity contribution in [3.8, 4) is 0 Å². The quantitative estimate of drug-likeness (QED) is 0.790. The Morgan fingerprint density at radius 1 is 1.59 bits per heavy atom. The number of hydrogen-bond donors (Lipinski definition) is 1. The molecule has 1 amide bonds. The molecule has 1 saturated heterocycles. The minimum Gasteiger partial charge on any atom is -0.331 e. The molecule has 2 atom stereocenters. The molecule has 7 heteroatoms. The third-order valence-electron chi connectivity index (χ3n) is 3.33. The Bertz CT molecular complexity index is 376. The van der Waals surface area contributed by atoms with Crippen molar-refractivity contribution in [1.29, 1.82) is 0 Å². The monoisotopic (exact) mass is 238 g/mol. The van der Waals surface area contributed by atoms with Crippen LogP contribution in [-0.4, -0.2) is 63.0 Å². The molecule has 1 N–H and O–H groups in total. The van der Waals surface area contributed by atoms with Crippen LogP contribution in [0.1, 0.15) is 31.6 Å². The molecular weight excluding hydrogens is 220 g/mol. The van der Waals surface area contributed by atoms with Crippen LogP contribution in [0.5, 0.6) is 0 Å². The maximum atomic E-state index is 12.3. The van der Waals surface area contributed by atoms with Crippen LogP contribution in [0.25, 0.3) is 0 Å². The number of nitrogens with one attached hydrogen (secondary N) is 1. The number of amides is 1. The van der Waals surface area contributed by atoms with Gasteiger partial charge in [-0.15, -0.1) is 10.2 Å². The van der Waals surface area contributed by atoms with Crippen molar-refractivity contribution in [3.05, 3.63) is 5.82 Å². The zero-order chi connectivity index (χ0) is 12.4. The Morgan fingerprint density at radius 3 is 2.94 bits per heavy atom. The molecule has 1 fully saturated rings. The summed E-state index contributed by atoms with van der Waals surface area (Å²) in [6.45, 7) is 2.68. The Labute approximate surface area is 100 Å². The summed E-state index contributed by atoms with van der Waals surface area (Å²) in [6.07, 6.45) is 1.90. The Kier molecular flexibility index (Phi) is 3.37. The van der Waals surface area contributed by atoms with Crippen LogP contribution in [0.15, 0.2) is 0 Å². The number of tetrazole rings is 1. The van der Waals surface area contributed by atoms with Crippen molar-refractivity contribution in [2.24, 2.45) is 0 Å². The van der Waals surface area contributed by atoms with Crippen molar-refractivity contribution >= 4 is 5.91 Å². The predicted octanol–water partition coefficient (Wildman–Crippen LogP) is -0.187. The van der Waals surface area contributed by atoms with Crippen LogP contribution in [0, 0.1) is 0 Å². The van der Waals surface area contributed by atoms with E-state index in [0.717, 1.165) is 19.4 Å². The number of aromatic amines is 1. The van der Waals surface area contributed by atoms with Crippen LogP contribution in [0.2, 0.25) is 0 Å². The van der Waals surface area contributed by atoms with Crippen molar-refractivity contribution in [2.45, 2.75) is 31.8 Å². The fourth-order valence-corrected chi connectivity index (χ4v) is 2.07. The van der Waals surface area contributed by atoms with Crippen LogP contribution >= 0.6 is 0 Å². The van der Waals surface area contributed by atoms with E-state index >= 15 is 0 Å². The second-order valence-corrected chi connectivity index (χ2v) is 4.60. The molecule has 7 nitrogen and oxygen atoms in total. The second-order valence-electron chi connectivity index (χ2n) is 4.60. The molecule has 94 valence electrons. The highest BCUT2D eigenvalue weighted by molar-refractivity contribution is 5.82. The highest BCUT2D eigenvalue weighted by atomic mass is 16.2. The van der Waals surface area contributed by atoms with Gasteiger partial charge in [0.15, 0.2) is 5.82 Å². The molecule has 2 rings (SSSR count). The molecule has 0 radical (unpaired) electrons. The highest BCUT2D eigenvalue weighted by Gasteiger charge is 2.35. The average molecular weight is 238 g/mol. The van der Waals surface area contributed by atoms with Crippen LogP contribution < -0.4 is 0 Å². The fraction of sp³-hybridized carbons (Fsp3) is 0.800. The van der Waals surface area contributed by atoms with E-state index in [1.165, 1.54) is 0 Å². The minimum absolute atomic E-state index is 0.0244. The maximum absolute atomic E-state index is 12.3. The molecule has 1 aromatic rings. The molecule has 0 bridgehead atoms. The lowest BCUT2D eigenvalue weighted by atomic mass is 10.2. The Hall–Kier alpha value is -1.50. The summed E-state index contributed by atoms with van der Waals surface area (Å²) in [4.78, 5) is 16.1. The number of aromatic nitrogens is 4. The normalized spacial score (nSPS) is 22.1. The highest BCUT2D eigenvalue weighted by Crippen LogP contribution is 2.29. The molecular formula is C10H18N6O. The number of nitrogens with zero attached hydrogens (tertiary/aromatic N) is 5. The summed E-state index contributed by atoms with van der Waals surface area (Å²) >= 11 is 0. The number of likely N-dealkylation sites (N-methyl/N-ethyl adjacent to an activating group) is 1. The van der Waals surface area contributed by atoms with Gasteiger partial charge in [-0.2, -0.15) is 5.21 Å².